The first-order chi connectivity index (χ1) is 14.1. The van der Waals surface area contributed by atoms with E-state index in [2.05, 4.69) is 34.7 Å². The van der Waals surface area contributed by atoms with Crippen LogP contribution in [0.3, 0.4) is 0 Å². The van der Waals surface area contributed by atoms with Crippen molar-refractivity contribution in [3.8, 4) is 0 Å². The van der Waals surface area contributed by atoms with E-state index in [1.807, 2.05) is 31.2 Å². The fourth-order valence-electron chi connectivity index (χ4n) is 3.64. The number of nitrogens with one attached hydrogen (secondary N) is 3. The maximum absolute atomic E-state index is 12.1. The SMILES string of the molecule is CCCNC(=O)c1cccc(CN=C(NCC)NCCCN2CCCCC2C)c1. The lowest BCUT2D eigenvalue weighted by Crippen LogP contribution is -2.41. The van der Waals surface area contributed by atoms with E-state index in [4.69, 9.17) is 4.99 Å². The monoisotopic (exact) mass is 401 g/mol. The quantitative estimate of drug-likeness (QED) is 0.320. The van der Waals surface area contributed by atoms with Gasteiger partial charge in [-0.05, 0) is 63.8 Å². The summed E-state index contributed by atoms with van der Waals surface area (Å²) < 4.78 is 0. The number of amides is 1. The third-order valence-corrected chi connectivity index (χ3v) is 5.34. The van der Waals surface area contributed by atoms with E-state index in [0.717, 1.165) is 44.0 Å². The van der Waals surface area contributed by atoms with Gasteiger partial charge in [0.1, 0.15) is 0 Å². The molecule has 0 aliphatic carbocycles. The van der Waals surface area contributed by atoms with Crippen LogP contribution in [0.4, 0.5) is 0 Å². The lowest BCUT2D eigenvalue weighted by Gasteiger charge is -2.33. The Balaban J connectivity index is 1.82. The van der Waals surface area contributed by atoms with Gasteiger partial charge in [-0.15, -0.1) is 0 Å². The minimum atomic E-state index is -0.0188. The van der Waals surface area contributed by atoms with Crippen molar-refractivity contribution in [2.24, 2.45) is 4.99 Å². The zero-order valence-electron chi connectivity index (χ0n) is 18.5. The molecule has 1 aromatic carbocycles. The molecule has 0 spiro atoms. The standard InChI is InChI=1S/C23H39N5O/c1-4-13-25-22(29)21-12-8-11-20(17-21)18-27-23(24-5-2)26-14-9-16-28-15-7-6-10-19(28)3/h8,11-12,17,19H,4-7,9-10,13-16,18H2,1-3H3,(H,25,29)(H2,24,26,27). The highest BCUT2D eigenvalue weighted by Crippen LogP contribution is 2.16. The van der Waals surface area contributed by atoms with Crippen LogP contribution in [0.1, 0.15) is 68.8 Å². The molecule has 0 radical (unpaired) electrons. The largest absolute Gasteiger partial charge is 0.357 e. The maximum Gasteiger partial charge on any atom is 0.251 e. The maximum atomic E-state index is 12.1. The van der Waals surface area contributed by atoms with Crippen LogP contribution >= 0.6 is 0 Å². The van der Waals surface area contributed by atoms with E-state index >= 15 is 0 Å². The highest BCUT2D eigenvalue weighted by atomic mass is 16.1. The van der Waals surface area contributed by atoms with E-state index in [-0.39, 0.29) is 5.91 Å². The van der Waals surface area contributed by atoms with Crippen molar-refractivity contribution < 1.29 is 4.79 Å². The Morgan fingerprint density at radius 2 is 2.03 bits per heavy atom. The van der Waals surface area contributed by atoms with E-state index < -0.39 is 0 Å². The van der Waals surface area contributed by atoms with Gasteiger partial charge in [0, 0.05) is 37.8 Å². The van der Waals surface area contributed by atoms with Crippen molar-refractivity contribution in [3.63, 3.8) is 0 Å². The molecule has 0 bridgehead atoms. The number of benzene rings is 1. The Morgan fingerprint density at radius 3 is 2.79 bits per heavy atom. The highest BCUT2D eigenvalue weighted by Gasteiger charge is 2.17. The molecule has 1 heterocycles. The number of nitrogens with zero attached hydrogens (tertiary/aromatic N) is 2. The van der Waals surface area contributed by atoms with Gasteiger partial charge < -0.3 is 20.9 Å². The van der Waals surface area contributed by atoms with Crippen LogP contribution in [0.5, 0.6) is 0 Å². The summed E-state index contributed by atoms with van der Waals surface area (Å²) in [5, 5.41) is 9.68. The lowest BCUT2D eigenvalue weighted by atomic mass is 10.0. The Labute approximate surface area is 176 Å². The number of aliphatic imine (C=N–C) groups is 1. The van der Waals surface area contributed by atoms with Crippen LogP contribution in [-0.2, 0) is 6.54 Å². The average Bonchev–Trinajstić information content (AvgIpc) is 2.74. The second kappa shape index (κ2) is 13.2. The van der Waals surface area contributed by atoms with Gasteiger partial charge in [-0.2, -0.15) is 0 Å². The van der Waals surface area contributed by atoms with Crippen molar-refractivity contribution in [2.45, 2.75) is 65.5 Å². The van der Waals surface area contributed by atoms with E-state index in [9.17, 15) is 4.79 Å². The van der Waals surface area contributed by atoms with E-state index in [0.29, 0.717) is 24.7 Å². The van der Waals surface area contributed by atoms with Crippen molar-refractivity contribution in [1.29, 1.82) is 0 Å². The summed E-state index contributed by atoms with van der Waals surface area (Å²) >= 11 is 0. The van der Waals surface area contributed by atoms with Gasteiger partial charge in [0.2, 0.25) is 0 Å². The number of hydrogen-bond acceptors (Lipinski definition) is 3. The molecular weight excluding hydrogens is 362 g/mol. The summed E-state index contributed by atoms with van der Waals surface area (Å²) in [5.74, 6) is 0.815. The average molecular weight is 402 g/mol. The topological polar surface area (TPSA) is 68.8 Å². The number of guanidine groups is 1. The molecule has 2 rings (SSSR count). The smallest absolute Gasteiger partial charge is 0.251 e. The second-order valence-electron chi connectivity index (χ2n) is 7.81. The number of carbonyl (C=O) groups excluding carboxylic acids is 1. The van der Waals surface area contributed by atoms with Gasteiger partial charge >= 0.3 is 0 Å². The number of carbonyl (C=O) groups is 1. The van der Waals surface area contributed by atoms with E-state index in [1.165, 1.54) is 25.8 Å². The van der Waals surface area contributed by atoms with Crippen molar-refractivity contribution in [3.05, 3.63) is 35.4 Å². The summed E-state index contributed by atoms with van der Waals surface area (Å²) in [5.41, 5.74) is 1.73. The van der Waals surface area contributed by atoms with Crippen LogP contribution in [0, 0.1) is 0 Å². The Bertz CT molecular complexity index is 646. The number of piperidine rings is 1. The van der Waals surface area contributed by atoms with Crippen LogP contribution in [-0.4, -0.2) is 55.5 Å². The Kier molecular flexibility index (Phi) is 10.6. The van der Waals surface area contributed by atoms with Gasteiger partial charge in [0.25, 0.3) is 5.91 Å². The molecule has 1 amide bonds. The lowest BCUT2D eigenvalue weighted by molar-refractivity contribution is 0.0953. The van der Waals surface area contributed by atoms with Gasteiger partial charge in [0.15, 0.2) is 5.96 Å². The van der Waals surface area contributed by atoms with Crippen LogP contribution in [0.25, 0.3) is 0 Å². The molecule has 1 unspecified atom stereocenters. The molecule has 6 nitrogen and oxygen atoms in total. The minimum Gasteiger partial charge on any atom is -0.357 e. The molecule has 1 aliphatic rings. The predicted molar refractivity (Wildman–Crippen MR) is 121 cm³/mol. The molecule has 3 N–H and O–H groups in total. The molecule has 1 aromatic rings. The van der Waals surface area contributed by atoms with Crippen LogP contribution in [0.15, 0.2) is 29.3 Å². The van der Waals surface area contributed by atoms with Crippen molar-refractivity contribution in [2.75, 3.05) is 32.7 Å². The van der Waals surface area contributed by atoms with Gasteiger partial charge in [0.05, 0.1) is 6.54 Å². The third kappa shape index (κ3) is 8.44. The zero-order chi connectivity index (χ0) is 20.9. The number of rotatable bonds is 10. The minimum absolute atomic E-state index is 0.0188. The molecule has 0 saturated carbocycles. The first-order valence-corrected chi connectivity index (χ1v) is 11.3. The molecule has 1 fully saturated rings. The normalized spacial score (nSPS) is 17.8. The van der Waals surface area contributed by atoms with Crippen LogP contribution in [0.2, 0.25) is 0 Å². The molecule has 1 saturated heterocycles. The first-order valence-electron chi connectivity index (χ1n) is 11.3. The number of hydrogen-bond donors (Lipinski definition) is 3. The molecule has 6 heteroatoms. The fourth-order valence-corrected chi connectivity index (χ4v) is 3.64. The summed E-state index contributed by atoms with van der Waals surface area (Å²) in [6.07, 6.45) is 6.07. The molecule has 1 aliphatic heterocycles. The summed E-state index contributed by atoms with van der Waals surface area (Å²) in [7, 11) is 0. The highest BCUT2D eigenvalue weighted by molar-refractivity contribution is 5.94. The molecule has 29 heavy (non-hydrogen) atoms. The Morgan fingerprint density at radius 1 is 1.17 bits per heavy atom. The summed E-state index contributed by atoms with van der Waals surface area (Å²) in [4.78, 5) is 19.4. The third-order valence-electron chi connectivity index (χ3n) is 5.34. The molecular formula is C23H39N5O. The predicted octanol–water partition coefficient (Wildman–Crippen LogP) is 3.15. The molecule has 1 atom stereocenters. The summed E-state index contributed by atoms with van der Waals surface area (Å²) in [6, 6.07) is 8.43. The van der Waals surface area contributed by atoms with Gasteiger partial charge in [-0.25, -0.2) is 4.99 Å². The zero-order valence-corrected chi connectivity index (χ0v) is 18.5. The van der Waals surface area contributed by atoms with E-state index in [1.54, 1.807) is 0 Å². The molecule has 162 valence electrons. The van der Waals surface area contributed by atoms with Gasteiger partial charge in [-0.3, -0.25) is 4.79 Å². The molecule has 0 aromatic heterocycles. The van der Waals surface area contributed by atoms with Crippen LogP contribution < -0.4 is 16.0 Å². The summed E-state index contributed by atoms with van der Waals surface area (Å²) in [6.45, 7) is 11.8. The van der Waals surface area contributed by atoms with Gasteiger partial charge in [-0.1, -0.05) is 25.5 Å². The van der Waals surface area contributed by atoms with Crippen molar-refractivity contribution >= 4 is 11.9 Å². The van der Waals surface area contributed by atoms with Crippen molar-refractivity contribution in [1.82, 2.24) is 20.9 Å². The Hall–Kier alpha value is -2.08. The first kappa shape index (κ1) is 23.2. The fraction of sp³-hybridized carbons (Fsp3) is 0.652. The second-order valence-corrected chi connectivity index (χ2v) is 7.81. The number of likely N-dealkylation sites (tertiary alicyclic amines) is 1.